The molecule has 2 aliphatic heterocycles. The monoisotopic (exact) mass is 459 g/mol. The van der Waals surface area contributed by atoms with Crippen LogP contribution in [0, 0.1) is 5.82 Å². The van der Waals surface area contributed by atoms with E-state index in [4.69, 9.17) is 4.74 Å². The first-order chi connectivity index (χ1) is 16.5. The molecule has 5 rings (SSSR count). The summed E-state index contributed by atoms with van der Waals surface area (Å²) in [7, 11) is 0. The zero-order valence-electron chi connectivity index (χ0n) is 18.8. The van der Waals surface area contributed by atoms with Crippen molar-refractivity contribution in [3.63, 3.8) is 0 Å². The second-order valence-corrected chi connectivity index (χ2v) is 8.96. The molecule has 34 heavy (non-hydrogen) atoms. The summed E-state index contributed by atoms with van der Waals surface area (Å²) >= 11 is 0. The Morgan fingerprint density at radius 2 is 1.79 bits per heavy atom. The first kappa shape index (κ1) is 22.1. The minimum absolute atomic E-state index is 0.0675. The Morgan fingerprint density at radius 3 is 2.53 bits per heavy atom. The summed E-state index contributed by atoms with van der Waals surface area (Å²) in [5.74, 6) is -0.334. The van der Waals surface area contributed by atoms with E-state index in [9.17, 15) is 14.0 Å². The fourth-order valence-electron chi connectivity index (χ4n) is 4.71. The van der Waals surface area contributed by atoms with E-state index in [-0.39, 0.29) is 17.8 Å². The van der Waals surface area contributed by atoms with Gasteiger partial charge in [0.1, 0.15) is 11.4 Å². The summed E-state index contributed by atoms with van der Waals surface area (Å²) in [5, 5.41) is 0. The molecule has 1 spiro atoms. The highest BCUT2D eigenvalue weighted by atomic mass is 19.1. The highest BCUT2D eigenvalue weighted by Crippen LogP contribution is 2.35. The van der Waals surface area contributed by atoms with Gasteiger partial charge in [0.25, 0.3) is 5.91 Å². The van der Waals surface area contributed by atoms with Crippen molar-refractivity contribution < 1.29 is 18.7 Å². The molecule has 6 nitrogen and oxygen atoms in total. The molecule has 0 aliphatic carbocycles. The van der Waals surface area contributed by atoms with Crippen LogP contribution in [0.3, 0.4) is 0 Å². The molecule has 3 heterocycles. The summed E-state index contributed by atoms with van der Waals surface area (Å²) in [6.45, 7) is 1.63. The number of carbonyl (C=O) groups is 2. The number of amides is 2. The number of carbonyl (C=O) groups excluding carboxylic acids is 2. The van der Waals surface area contributed by atoms with Gasteiger partial charge in [-0.3, -0.25) is 14.7 Å². The summed E-state index contributed by atoms with van der Waals surface area (Å²) in [6.07, 6.45) is 3.94. The average Bonchev–Trinajstić information content (AvgIpc) is 3.05. The van der Waals surface area contributed by atoms with Crippen molar-refractivity contribution in [2.24, 2.45) is 0 Å². The molecule has 1 atom stereocenters. The molecule has 0 bridgehead atoms. The number of hydrogen-bond acceptors (Lipinski definition) is 4. The Bertz CT molecular complexity index is 1170. The third-order valence-electron chi connectivity index (χ3n) is 6.59. The van der Waals surface area contributed by atoms with Crippen LogP contribution in [-0.4, -0.2) is 47.1 Å². The second kappa shape index (κ2) is 9.25. The van der Waals surface area contributed by atoms with Crippen LogP contribution in [0.15, 0.2) is 72.9 Å². The van der Waals surface area contributed by atoms with Crippen molar-refractivity contribution >= 4 is 17.7 Å². The van der Waals surface area contributed by atoms with Gasteiger partial charge < -0.3 is 9.64 Å². The number of halogens is 1. The summed E-state index contributed by atoms with van der Waals surface area (Å²) < 4.78 is 19.0. The predicted octanol–water partition coefficient (Wildman–Crippen LogP) is 4.83. The molecule has 0 unspecified atom stereocenters. The quantitative estimate of drug-likeness (QED) is 0.561. The zero-order chi connectivity index (χ0) is 23.5. The molecular formula is C27H26FN3O3. The number of nitrogens with zero attached hydrogens (tertiary/aromatic N) is 3. The minimum Gasteiger partial charge on any atom is -0.441 e. The number of ether oxygens (including phenoxy) is 1. The van der Waals surface area contributed by atoms with Crippen LogP contribution >= 0.6 is 0 Å². The van der Waals surface area contributed by atoms with Crippen LogP contribution < -0.4 is 4.90 Å². The molecular weight excluding hydrogens is 433 g/mol. The van der Waals surface area contributed by atoms with Crippen molar-refractivity contribution in [3.05, 3.63) is 95.6 Å². The SMILES string of the molecule is O=C(c1ccc(Cc2ccc(F)cc2)nc1)N1CCC[C@]2(CC1)CN(c1ccccc1)C(=O)O2. The van der Waals surface area contributed by atoms with Crippen LogP contribution in [0.5, 0.6) is 0 Å². The average molecular weight is 460 g/mol. The van der Waals surface area contributed by atoms with Crippen LogP contribution in [-0.2, 0) is 11.2 Å². The second-order valence-electron chi connectivity index (χ2n) is 8.96. The molecule has 2 aliphatic rings. The lowest BCUT2D eigenvalue weighted by Gasteiger charge is -2.25. The van der Waals surface area contributed by atoms with Crippen molar-refractivity contribution in [3.8, 4) is 0 Å². The van der Waals surface area contributed by atoms with Gasteiger partial charge in [-0.2, -0.15) is 0 Å². The van der Waals surface area contributed by atoms with Crippen LogP contribution in [0.1, 0.15) is 40.9 Å². The van der Waals surface area contributed by atoms with Crippen molar-refractivity contribution in [2.45, 2.75) is 31.3 Å². The van der Waals surface area contributed by atoms with Crippen molar-refractivity contribution in [1.29, 1.82) is 0 Å². The lowest BCUT2D eigenvalue weighted by molar-refractivity contribution is 0.0438. The maximum atomic E-state index is 13.1. The van der Waals surface area contributed by atoms with Gasteiger partial charge >= 0.3 is 6.09 Å². The van der Waals surface area contributed by atoms with Gasteiger partial charge in [-0.05, 0) is 54.8 Å². The molecule has 0 N–H and O–H groups in total. The Kier molecular flexibility index (Phi) is 6.01. The minimum atomic E-state index is -0.570. The zero-order valence-corrected chi connectivity index (χ0v) is 18.8. The number of pyridine rings is 1. The summed E-state index contributed by atoms with van der Waals surface area (Å²) in [5.41, 5.74) is 2.57. The summed E-state index contributed by atoms with van der Waals surface area (Å²) in [4.78, 5) is 33.7. The van der Waals surface area contributed by atoms with Crippen LogP contribution in [0.2, 0.25) is 0 Å². The number of rotatable bonds is 4. The highest BCUT2D eigenvalue weighted by Gasteiger charge is 2.46. The maximum absolute atomic E-state index is 13.1. The molecule has 3 aromatic rings. The van der Waals surface area contributed by atoms with Crippen molar-refractivity contribution in [1.82, 2.24) is 9.88 Å². The molecule has 2 aromatic carbocycles. The fourth-order valence-corrected chi connectivity index (χ4v) is 4.71. The van der Waals surface area contributed by atoms with E-state index in [2.05, 4.69) is 4.98 Å². The van der Waals surface area contributed by atoms with E-state index in [1.807, 2.05) is 41.3 Å². The largest absolute Gasteiger partial charge is 0.441 e. The van der Waals surface area contributed by atoms with E-state index in [1.54, 1.807) is 29.3 Å². The van der Waals surface area contributed by atoms with E-state index in [0.29, 0.717) is 38.0 Å². The van der Waals surface area contributed by atoms with E-state index in [0.717, 1.165) is 29.8 Å². The first-order valence-corrected chi connectivity index (χ1v) is 11.6. The van der Waals surface area contributed by atoms with Gasteiger partial charge in [-0.15, -0.1) is 0 Å². The molecule has 7 heteroatoms. The molecule has 1 aromatic heterocycles. The van der Waals surface area contributed by atoms with E-state index in [1.165, 1.54) is 12.1 Å². The van der Waals surface area contributed by atoms with Crippen LogP contribution in [0.4, 0.5) is 14.9 Å². The summed E-state index contributed by atoms with van der Waals surface area (Å²) in [6, 6.07) is 19.5. The lowest BCUT2D eigenvalue weighted by Crippen LogP contribution is -2.37. The standard InChI is InChI=1S/C27H26FN3O3/c28-22-10-7-20(8-11-22)17-23-12-9-21(18-29-23)25(32)30-15-4-13-27(14-16-30)19-31(26(33)34-27)24-5-2-1-3-6-24/h1-3,5-12,18H,4,13-17,19H2/t27-/m0/s1. The number of hydrogen-bond donors (Lipinski definition) is 0. The fraction of sp³-hybridized carbons (Fsp3) is 0.296. The molecule has 174 valence electrons. The van der Waals surface area contributed by atoms with Gasteiger partial charge in [-0.25, -0.2) is 9.18 Å². The number of anilines is 1. The van der Waals surface area contributed by atoms with Crippen molar-refractivity contribution in [2.75, 3.05) is 24.5 Å². The number of aromatic nitrogens is 1. The molecule has 0 saturated carbocycles. The van der Waals surface area contributed by atoms with Gasteiger partial charge in [0, 0.05) is 43.5 Å². The number of likely N-dealkylation sites (tertiary alicyclic amines) is 1. The van der Waals surface area contributed by atoms with Gasteiger partial charge in [-0.1, -0.05) is 30.3 Å². The maximum Gasteiger partial charge on any atom is 0.415 e. The van der Waals surface area contributed by atoms with Gasteiger partial charge in [0.2, 0.25) is 0 Å². The number of benzene rings is 2. The Labute approximate surface area is 198 Å². The molecule has 0 radical (unpaired) electrons. The third-order valence-corrected chi connectivity index (χ3v) is 6.59. The topological polar surface area (TPSA) is 62.7 Å². The normalized spacial score (nSPS) is 20.3. The van der Waals surface area contributed by atoms with E-state index < -0.39 is 5.60 Å². The van der Waals surface area contributed by atoms with Gasteiger partial charge in [0.15, 0.2) is 0 Å². The Hall–Kier alpha value is -3.74. The Balaban J connectivity index is 1.22. The van der Waals surface area contributed by atoms with Crippen LogP contribution in [0.25, 0.3) is 0 Å². The third kappa shape index (κ3) is 4.64. The lowest BCUT2D eigenvalue weighted by atomic mass is 9.95. The predicted molar refractivity (Wildman–Crippen MR) is 126 cm³/mol. The van der Waals surface area contributed by atoms with Gasteiger partial charge in [0.05, 0.1) is 12.1 Å². The highest BCUT2D eigenvalue weighted by molar-refractivity contribution is 5.94. The van der Waals surface area contributed by atoms with E-state index >= 15 is 0 Å². The number of para-hydroxylation sites is 1. The Morgan fingerprint density at radius 1 is 1.00 bits per heavy atom. The molecule has 2 saturated heterocycles. The smallest absolute Gasteiger partial charge is 0.415 e. The molecule has 2 fully saturated rings. The molecule has 2 amide bonds. The first-order valence-electron chi connectivity index (χ1n) is 11.6.